The number of benzene rings is 2. The van der Waals surface area contributed by atoms with Crippen LogP contribution >= 0.6 is 11.8 Å². The molecule has 2 N–H and O–H groups in total. The number of aryl methyl sites for hydroxylation is 2. The lowest BCUT2D eigenvalue weighted by atomic mass is 10.2. The second-order valence-electron chi connectivity index (χ2n) is 3.94. The Morgan fingerprint density at radius 1 is 0.938 bits per heavy atom. The van der Waals surface area contributed by atoms with Gasteiger partial charge in [0.05, 0.1) is 0 Å². The molecule has 0 bridgehead atoms. The van der Waals surface area contributed by atoms with Crippen LogP contribution in [0.15, 0.2) is 52.3 Å². The molecular weight excluding hydrogens is 214 g/mol. The van der Waals surface area contributed by atoms with Crippen LogP contribution in [0.4, 0.5) is 5.69 Å². The highest BCUT2D eigenvalue weighted by atomic mass is 32.2. The molecular formula is C14H15NS. The van der Waals surface area contributed by atoms with Crippen LogP contribution < -0.4 is 5.73 Å². The Bertz CT molecular complexity index is 489. The summed E-state index contributed by atoms with van der Waals surface area (Å²) in [4.78, 5) is 2.52. The number of anilines is 1. The highest BCUT2D eigenvalue weighted by Gasteiger charge is 2.01. The first-order chi connectivity index (χ1) is 7.65. The van der Waals surface area contributed by atoms with Crippen LogP contribution in [0.3, 0.4) is 0 Å². The monoisotopic (exact) mass is 229 g/mol. The number of rotatable bonds is 2. The van der Waals surface area contributed by atoms with Crippen molar-refractivity contribution >= 4 is 17.4 Å². The van der Waals surface area contributed by atoms with Crippen molar-refractivity contribution in [2.45, 2.75) is 23.6 Å². The molecule has 0 atom stereocenters. The summed E-state index contributed by atoms with van der Waals surface area (Å²) < 4.78 is 0. The van der Waals surface area contributed by atoms with Crippen molar-refractivity contribution in [3.8, 4) is 0 Å². The third kappa shape index (κ3) is 2.58. The van der Waals surface area contributed by atoms with Crippen LogP contribution in [0.25, 0.3) is 0 Å². The van der Waals surface area contributed by atoms with E-state index in [1.165, 1.54) is 20.9 Å². The molecule has 0 heterocycles. The van der Waals surface area contributed by atoms with Crippen molar-refractivity contribution in [2.75, 3.05) is 5.73 Å². The van der Waals surface area contributed by atoms with E-state index in [9.17, 15) is 0 Å². The summed E-state index contributed by atoms with van der Waals surface area (Å²) in [6.45, 7) is 4.26. The Hall–Kier alpha value is -1.41. The summed E-state index contributed by atoms with van der Waals surface area (Å²) in [5, 5.41) is 0. The van der Waals surface area contributed by atoms with Crippen molar-refractivity contribution in [2.24, 2.45) is 0 Å². The first kappa shape index (κ1) is 11.1. The number of hydrogen-bond acceptors (Lipinski definition) is 2. The molecule has 2 aromatic carbocycles. The minimum absolute atomic E-state index is 0.810. The van der Waals surface area contributed by atoms with E-state index >= 15 is 0 Å². The normalized spacial score (nSPS) is 10.4. The third-order valence-corrected chi connectivity index (χ3v) is 3.62. The molecule has 16 heavy (non-hydrogen) atoms. The van der Waals surface area contributed by atoms with Gasteiger partial charge in [0.25, 0.3) is 0 Å². The summed E-state index contributed by atoms with van der Waals surface area (Å²) in [5.74, 6) is 0. The molecule has 0 saturated carbocycles. The molecule has 2 heteroatoms. The summed E-state index contributed by atoms with van der Waals surface area (Å²) in [6, 6.07) is 14.5. The predicted molar refractivity (Wildman–Crippen MR) is 70.9 cm³/mol. The zero-order valence-corrected chi connectivity index (χ0v) is 10.3. The molecule has 0 aliphatic carbocycles. The number of nitrogens with two attached hydrogens (primary N) is 1. The van der Waals surface area contributed by atoms with Gasteiger partial charge in [-0.25, -0.2) is 0 Å². The van der Waals surface area contributed by atoms with Crippen LogP contribution in [0.5, 0.6) is 0 Å². The maximum atomic E-state index is 5.66. The minimum atomic E-state index is 0.810. The molecule has 2 rings (SSSR count). The molecule has 0 amide bonds. The van der Waals surface area contributed by atoms with E-state index in [-0.39, 0.29) is 0 Å². The summed E-state index contributed by atoms with van der Waals surface area (Å²) >= 11 is 1.78. The molecule has 0 saturated heterocycles. The van der Waals surface area contributed by atoms with Gasteiger partial charge in [-0.15, -0.1) is 0 Å². The first-order valence-electron chi connectivity index (χ1n) is 5.26. The number of nitrogen functional groups attached to an aromatic ring is 1. The summed E-state index contributed by atoms with van der Waals surface area (Å²) in [7, 11) is 0. The van der Waals surface area contributed by atoms with Gasteiger partial charge >= 0.3 is 0 Å². The van der Waals surface area contributed by atoms with E-state index in [1.807, 2.05) is 12.1 Å². The lowest BCUT2D eigenvalue weighted by Gasteiger charge is -2.06. The van der Waals surface area contributed by atoms with Crippen LogP contribution in [0.1, 0.15) is 11.1 Å². The van der Waals surface area contributed by atoms with Crippen molar-refractivity contribution < 1.29 is 0 Å². The smallest absolute Gasteiger partial charge is 0.0314 e. The van der Waals surface area contributed by atoms with Gasteiger partial charge in [-0.05, 0) is 49.7 Å². The van der Waals surface area contributed by atoms with Gasteiger partial charge in [0.1, 0.15) is 0 Å². The minimum Gasteiger partial charge on any atom is -0.399 e. The molecule has 82 valence electrons. The predicted octanol–water partition coefficient (Wildman–Crippen LogP) is 4.04. The fourth-order valence-corrected chi connectivity index (χ4v) is 2.46. The third-order valence-electron chi connectivity index (χ3n) is 2.44. The highest BCUT2D eigenvalue weighted by Crippen LogP contribution is 2.30. The maximum absolute atomic E-state index is 5.66. The van der Waals surface area contributed by atoms with Crippen molar-refractivity contribution in [3.05, 3.63) is 53.6 Å². The topological polar surface area (TPSA) is 26.0 Å². The van der Waals surface area contributed by atoms with Crippen molar-refractivity contribution in [1.82, 2.24) is 0 Å². The molecule has 0 spiro atoms. The van der Waals surface area contributed by atoms with E-state index < -0.39 is 0 Å². The van der Waals surface area contributed by atoms with Crippen LogP contribution in [-0.4, -0.2) is 0 Å². The zero-order valence-electron chi connectivity index (χ0n) is 9.53. The average molecular weight is 229 g/mol. The quantitative estimate of drug-likeness (QED) is 0.787. The van der Waals surface area contributed by atoms with Gasteiger partial charge in [0.15, 0.2) is 0 Å². The molecule has 2 aromatic rings. The zero-order chi connectivity index (χ0) is 11.5. The van der Waals surface area contributed by atoms with E-state index in [0.717, 1.165) is 5.69 Å². The van der Waals surface area contributed by atoms with Crippen molar-refractivity contribution in [3.63, 3.8) is 0 Å². The van der Waals surface area contributed by atoms with Crippen LogP contribution in [-0.2, 0) is 0 Å². The Morgan fingerprint density at radius 3 is 2.25 bits per heavy atom. The summed E-state index contributed by atoms with van der Waals surface area (Å²) in [6.07, 6.45) is 0. The Morgan fingerprint density at radius 2 is 1.62 bits per heavy atom. The van der Waals surface area contributed by atoms with E-state index in [4.69, 9.17) is 5.73 Å². The molecule has 0 aliphatic heterocycles. The Balaban J connectivity index is 2.23. The van der Waals surface area contributed by atoms with Crippen molar-refractivity contribution in [1.29, 1.82) is 0 Å². The lowest BCUT2D eigenvalue weighted by Crippen LogP contribution is -1.84. The molecule has 0 radical (unpaired) electrons. The Kier molecular flexibility index (Phi) is 3.20. The fourth-order valence-electron chi connectivity index (χ4n) is 1.58. The van der Waals surface area contributed by atoms with E-state index in [2.05, 4.69) is 44.2 Å². The van der Waals surface area contributed by atoms with Gasteiger partial charge in [0, 0.05) is 15.5 Å². The Labute approximate surface area is 101 Å². The van der Waals surface area contributed by atoms with Gasteiger partial charge in [-0.2, -0.15) is 0 Å². The lowest BCUT2D eigenvalue weighted by molar-refractivity contribution is 1.26. The highest BCUT2D eigenvalue weighted by molar-refractivity contribution is 7.99. The van der Waals surface area contributed by atoms with E-state index in [1.54, 1.807) is 11.8 Å². The van der Waals surface area contributed by atoms with Gasteiger partial charge < -0.3 is 5.73 Å². The fraction of sp³-hybridized carbons (Fsp3) is 0.143. The van der Waals surface area contributed by atoms with Crippen LogP contribution in [0.2, 0.25) is 0 Å². The number of hydrogen-bond donors (Lipinski definition) is 1. The van der Waals surface area contributed by atoms with Crippen LogP contribution in [0, 0.1) is 13.8 Å². The van der Waals surface area contributed by atoms with Gasteiger partial charge in [0.2, 0.25) is 0 Å². The second-order valence-corrected chi connectivity index (χ2v) is 5.06. The molecule has 0 fully saturated rings. The average Bonchev–Trinajstić information content (AvgIpc) is 2.25. The molecule has 1 nitrogen and oxygen atoms in total. The molecule has 0 aromatic heterocycles. The molecule has 0 unspecified atom stereocenters. The SMILES string of the molecule is Cc1ccc(Sc2ccc(N)cc2)c(C)c1. The molecule has 0 aliphatic rings. The second kappa shape index (κ2) is 4.62. The maximum Gasteiger partial charge on any atom is 0.0314 e. The van der Waals surface area contributed by atoms with E-state index in [0.29, 0.717) is 0 Å². The van der Waals surface area contributed by atoms with Gasteiger partial charge in [-0.3, -0.25) is 0 Å². The summed E-state index contributed by atoms with van der Waals surface area (Å²) in [5.41, 5.74) is 9.10. The first-order valence-corrected chi connectivity index (χ1v) is 6.07. The largest absolute Gasteiger partial charge is 0.399 e. The standard InChI is InChI=1S/C14H15NS/c1-10-3-8-14(11(2)9-10)16-13-6-4-12(15)5-7-13/h3-9H,15H2,1-2H3. The van der Waals surface area contributed by atoms with Gasteiger partial charge in [-0.1, -0.05) is 29.5 Å².